The lowest BCUT2D eigenvalue weighted by Crippen LogP contribution is -2.10. The van der Waals surface area contributed by atoms with Crippen molar-refractivity contribution in [2.24, 2.45) is 5.73 Å². The first-order valence-corrected chi connectivity index (χ1v) is 8.72. The summed E-state index contributed by atoms with van der Waals surface area (Å²) in [5.74, 6) is -0.152. The summed E-state index contributed by atoms with van der Waals surface area (Å²) in [5, 5.41) is 6.34. The number of benzene rings is 3. The lowest BCUT2D eigenvalue weighted by Gasteiger charge is -2.15. The number of carbonyl (C=O) groups is 1. The Bertz CT molecular complexity index is 1020. The summed E-state index contributed by atoms with van der Waals surface area (Å²) in [5.41, 5.74) is 18.0. The van der Waals surface area contributed by atoms with Gasteiger partial charge in [0.1, 0.15) is 0 Å². The Hall–Kier alpha value is -3.57. The minimum absolute atomic E-state index is 0.152. The van der Waals surface area contributed by atoms with Gasteiger partial charge in [0, 0.05) is 29.2 Å². The Balaban J connectivity index is 1.87. The molecule has 1 aliphatic heterocycles. The summed E-state index contributed by atoms with van der Waals surface area (Å²) in [7, 11) is 0. The summed E-state index contributed by atoms with van der Waals surface area (Å²) in [6, 6.07) is 23.1. The predicted molar refractivity (Wildman–Crippen MR) is 111 cm³/mol. The van der Waals surface area contributed by atoms with E-state index in [2.05, 4.69) is 10.6 Å². The van der Waals surface area contributed by atoms with Crippen molar-refractivity contribution in [3.05, 3.63) is 89.5 Å². The molecular formula is C22H20N4O. The van der Waals surface area contributed by atoms with Gasteiger partial charge in [-0.15, -0.1) is 0 Å². The number of nitrogens with two attached hydrogens (primary N) is 2. The average molecular weight is 356 g/mol. The third-order valence-corrected chi connectivity index (χ3v) is 4.56. The SMILES string of the molecule is NCc1ccc(N/C(=C2\C(=O)Nc3ccc(N)cc32)c2ccccc2)cc1. The molecule has 5 nitrogen and oxygen atoms in total. The third kappa shape index (κ3) is 3.28. The summed E-state index contributed by atoms with van der Waals surface area (Å²) in [6.45, 7) is 0.488. The molecular weight excluding hydrogens is 336 g/mol. The molecule has 0 aromatic heterocycles. The van der Waals surface area contributed by atoms with E-state index in [0.717, 1.165) is 33.8 Å². The third-order valence-electron chi connectivity index (χ3n) is 4.56. The van der Waals surface area contributed by atoms with Crippen LogP contribution in [0.1, 0.15) is 16.7 Å². The van der Waals surface area contributed by atoms with E-state index in [1.165, 1.54) is 0 Å². The number of hydrogen-bond acceptors (Lipinski definition) is 4. The van der Waals surface area contributed by atoms with Gasteiger partial charge >= 0.3 is 0 Å². The maximum atomic E-state index is 12.8. The molecule has 0 atom stereocenters. The number of nitrogens with one attached hydrogen (secondary N) is 2. The van der Waals surface area contributed by atoms with Crippen LogP contribution in [0, 0.1) is 0 Å². The number of anilines is 3. The Morgan fingerprint density at radius 1 is 0.963 bits per heavy atom. The fraction of sp³-hybridized carbons (Fsp3) is 0.0455. The topological polar surface area (TPSA) is 93.2 Å². The van der Waals surface area contributed by atoms with Crippen LogP contribution in [-0.4, -0.2) is 5.91 Å². The van der Waals surface area contributed by atoms with Gasteiger partial charge in [-0.25, -0.2) is 0 Å². The first kappa shape index (κ1) is 16.9. The van der Waals surface area contributed by atoms with Gasteiger partial charge in [0.25, 0.3) is 5.91 Å². The van der Waals surface area contributed by atoms with Gasteiger partial charge in [-0.2, -0.15) is 0 Å². The van der Waals surface area contributed by atoms with Gasteiger partial charge < -0.3 is 22.1 Å². The highest BCUT2D eigenvalue weighted by atomic mass is 16.2. The largest absolute Gasteiger partial charge is 0.399 e. The molecule has 0 fully saturated rings. The molecule has 0 unspecified atom stereocenters. The van der Waals surface area contributed by atoms with Crippen LogP contribution in [0.15, 0.2) is 72.8 Å². The van der Waals surface area contributed by atoms with Crippen molar-refractivity contribution in [3.63, 3.8) is 0 Å². The van der Waals surface area contributed by atoms with E-state index in [1.807, 2.05) is 66.7 Å². The molecule has 1 amide bonds. The molecule has 3 aromatic carbocycles. The zero-order valence-electron chi connectivity index (χ0n) is 14.7. The molecule has 0 bridgehead atoms. The number of fused-ring (bicyclic) bond motifs is 1. The first-order valence-electron chi connectivity index (χ1n) is 8.72. The van der Waals surface area contributed by atoms with Crippen molar-refractivity contribution < 1.29 is 4.79 Å². The number of hydrogen-bond donors (Lipinski definition) is 4. The molecule has 6 N–H and O–H groups in total. The molecule has 1 aliphatic rings. The lowest BCUT2D eigenvalue weighted by atomic mass is 9.99. The summed E-state index contributed by atoms with van der Waals surface area (Å²) < 4.78 is 0. The summed E-state index contributed by atoms with van der Waals surface area (Å²) >= 11 is 0. The van der Waals surface area contributed by atoms with Crippen molar-refractivity contribution >= 4 is 34.2 Å². The molecule has 0 saturated heterocycles. The molecule has 134 valence electrons. The smallest absolute Gasteiger partial charge is 0.258 e. The minimum Gasteiger partial charge on any atom is -0.399 e. The van der Waals surface area contributed by atoms with Gasteiger partial charge in [-0.05, 0) is 41.5 Å². The molecule has 3 aromatic rings. The second-order valence-electron chi connectivity index (χ2n) is 6.40. The highest BCUT2D eigenvalue weighted by Gasteiger charge is 2.28. The predicted octanol–water partition coefficient (Wildman–Crippen LogP) is 3.66. The van der Waals surface area contributed by atoms with Gasteiger partial charge in [-0.3, -0.25) is 4.79 Å². The van der Waals surface area contributed by atoms with E-state index in [-0.39, 0.29) is 5.91 Å². The fourth-order valence-corrected chi connectivity index (χ4v) is 3.19. The van der Waals surface area contributed by atoms with E-state index in [1.54, 1.807) is 6.07 Å². The van der Waals surface area contributed by atoms with Crippen LogP contribution in [-0.2, 0) is 11.3 Å². The zero-order chi connectivity index (χ0) is 18.8. The maximum absolute atomic E-state index is 12.8. The number of rotatable bonds is 4. The maximum Gasteiger partial charge on any atom is 0.258 e. The highest BCUT2D eigenvalue weighted by Crippen LogP contribution is 2.38. The van der Waals surface area contributed by atoms with Crippen LogP contribution in [0.3, 0.4) is 0 Å². The summed E-state index contributed by atoms with van der Waals surface area (Å²) in [6.07, 6.45) is 0. The molecule has 0 spiro atoms. The van der Waals surface area contributed by atoms with E-state index < -0.39 is 0 Å². The van der Waals surface area contributed by atoms with E-state index in [0.29, 0.717) is 17.8 Å². The fourth-order valence-electron chi connectivity index (χ4n) is 3.19. The first-order chi connectivity index (χ1) is 13.2. The number of carbonyl (C=O) groups excluding carboxylic acids is 1. The second kappa shape index (κ2) is 6.97. The highest BCUT2D eigenvalue weighted by molar-refractivity contribution is 6.37. The number of amides is 1. The molecule has 5 heteroatoms. The number of nitrogen functional groups attached to an aromatic ring is 1. The van der Waals surface area contributed by atoms with Gasteiger partial charge in [-0.1, -0.05) is 42.5 Å². The molecule has 1 heterocycles. The molecule has 27 heavy (non-hydrogen) atoms. The van der Waals surface area contributed by atoms with Crippen molar-refractivity contribution in [2.45, 2.75) is 6.54 Å². The molecule has 4 rings (SSSR count). The van der Waals surface area contributed by atoms with Crippen LogP contribution >= 0.6 is 0 Å². The van der Waals surface area contributed by atoms with Crippen molar-refractivity contribution in [3.8, 4) is 0 Å². The second-order valence-corrected chi connectivity index (χ2v) is 6.40. The Kier molecular flexibility index (Phi) is 4.36. The van der Waals surface area contributed by atoms with Crippen LogP contribution in [0.5, 0.6) is 0 Å². The van der Waals surface area contributed by atoms with Crippen LogP contribution in [0.4, 0.5) is 17.1 Å². The van der Waals surface area contributed by atoms with Crippen LogP contribution in [0.25, 0.3) is 11.3 Å². The lowest BCUT2D eigenvalue weighted by molar-refractivity contribution is -0.110. The Morgan fingerprint density at radius 2 is 1.70 bits per heavy atom. The van der Waals surface area contributed by atoms with Crippen LogP contribution < -0.4 is 22.1 Å². The van der Waals surface area contributed by atoms with E-state index >= 15 is 0 Å². The molecule has 0 saturated carbocycles. The van der Waals surface area contributed by atoms with Crippen molar-refractivity contribution in [1.29, 1.82) is 0 Å². The minimum atomic E-state index is -0.152. The van der Waals surface area contributed by atoms with Gasteiger partial charge in [0.05, 0.1) is 11.3 Å². The monoisotopic (exact) mass is 356 g/mol. The molecule has 0 aliphatic carbocycles. The Labute approximate surface area is 157 Å². The standard InChI is InChI=1S/C22H20N4O/c23-13-14-6-9-17(10-7-14)25-21(15-4-2-1-3-5-15)20-18-12-16(24)8-11-19(18)26-22(20)27/h1-12,25H,13,23-24H2,(H,26,27)/b21-20-. The van der Waals surface area contributed by atoms with Gasteiger partial charge in [0.2, 0.25) is 0 Å². The summed E-state index contributed by atoms with van der Waals surface area (Å²) in [4.78, 5) is 12.8. The normalized spacial score (nSPS) is 14.5. The quantitative estimate of drug-likeness (QED) is 0.424. The van der Waals surface area contributed by atoms with Crippen molar-refractivity contribution in [1.82, 2.24) is 0 Å². The van der Waals surface area contributed by atoms with Crippen LogP contribution in [0.2, 0.25) is 0 Å². The van der Waals surface area contributed by atoms with Crippen molar-refractivity contribution in [2.75, 3.05) is 16.4 Å². The average Bonchev–Trinajstić information content (AvgIpc) is 3.02. The zero-order valence-corrected chi connectivity index (χ0v) is 14.7. The Morgan fingerprint density at radius 3 is 2.41 bits per heavy atom. The molecule has 0 radical (unpaired) electrons. The van der Waals surface area contributed by atoms with E-state index in [9.17, 15) is 4.79 Å². The van der Waals surface area contributed by atoms with Gasteiger partial charge in [0.15, 0.2) is 0 Å². The van der Waals surface area contributed by atoms with E-state index in [4.69, 9.17) is 11.5 Å².